The van der Waals surface area contributed by atoms with Crippen LogP contribution in [0.1, 0.15) is 16.2 Å². The van der Waals surface area contributed by atoms with Gasteiger partial charge >= 0.3 is 5.97 Å². The molecule has 0 amide bonds. The van der Waals surface area contributed by atoms with Gasteiger partial charge in [0.1, 0.15) is 0 Å². The van der Waals surface area contributed by atoms with E-state index in [1.165, 1.54) is 19.2 Å². The van der Waals surface area contributed by atoms with Gasteiger partial charge in [-0.2, -0.15) is 4.98 Å². The van der Waals surface area contributed by atoms with E-state index < -0.39 is 16.0 Å². The number of benzene rings is 1. The average molecular weight is 296 g/mol. The Hall–Kier alpha value is -2.42. The minimum Gasteiger partial charge on any atom is -0.463 e. The lowest BCUT2D eigenvalue weighted by Gasteiger charge is -2.04. The number of aryl methyl sites for hydroxylation is 1. The molecule has 0 unspecified atom stereocenters. The molecular weight excluding hydrogens is 284 g/mol. The first-order valence-corrected chi connectivity index (χ1v) is 7.01. The van der Waals surface area contributed by atoms with E-state index in [2.05, 4.69) is 24.6 Å². The number of ether oxygens (including phenoxy) is 1. The van der Waals surface area contributed by atoms with E-state index in [0.717, 1.165) is 5.56 Å². The van der Waals surface area contributed by atoms with Crippen LogP contribution in [0.5, 0.6) is 0 Å². The third-order valence-electron chi connectivity index (χ3n) is 2.42. The van der Waals surface area contributed by atoms with Crippen LogP contribution in [0.3, 0.4) is 0 Å². The zero-order chi connectivity index (χ0) is 14.8. The molecule has 0 atom stereocenters. The lowest BCUT2D eigenvalue weighted by Crippen LogP contribution is -2.14. The van der Waals surface area contributed by atoms with Gasteiger partial charge in [0.2, 0.25) is 5.82 Å². The van der Waals surface area contributed by atoms with Crippen molar-refractivity contribution in [1.82, 2.24) is 15.2 Å². The summed E-state index contributed by atoms with van der Waals surface area (Å²) in [5.74, 6) is -1.15. The number of nitrogens with one attached hydrogen (secondary N) is 2. The van der Waals surface area contributed by atoms with Crippen LogP contribution in [0.15, 0.2) is 29.2 Å². The summed E-state index contributed by atoms with van der Waals surface area (Å²) in [6.07, 6.45) is 0. The van der Waals surface area contributed by atoms with Gasteiger partial charge in [-0.25, -0.2) is 17.9 Å². The summed E-state index contributed by atoms with van der Waals surface area (Å²) in [6.45, 7) is 1.85. The Balaban J connectivity index is 2.22. The van der Waals surface area contributed by atoms with Crippen LogP contribution in [-0.4, -0.2) is 36.7 Å². The maximum atomic E-state index is 12.0. The first-order chi connectivity index (χ1) is 9.42. The van der Waals surface area contributed by atoms with Crippen LogP contribution < -0.4 is 4.72 Å². The van der Waals surface area contributed by atoms with Gasteiger partial charge in [-0.3, -0.25) is 5.10 Å². The third kappa shape index (κ3) is 2.94. The van der Waals surface area contributed by atoms with Crippen molar-refractivity contribution in [2.75, 3.05) is 11.8 Å². The number of hydrogen-bond acceptors (Lipinski definition) is 6. The minimum absolute atomic E-state index is 0.0764. The highest BCUT2D eigenvalue weighted by Gasteiger charge is 2.18. The summed E-state index contributed by atoms with van der Waals surface area (Å²) in [7, 11) is -2.61. The highest BCUT2D eigenvalue weighted by atomic mass is 32.2. The number of H-pyrrole nitrogens is 1. The molecule has 106 valence electrons. The van der Waals surface area contributed by atoms with E-state index in [4.69, 9.17) is 0 Å². The summed E-state index contributed by atoms with van der Waals surface area (Å²) in [5.41, 5.74) is 0.940. The van der Waals surface area contributed by atoms with E-state index in [1.54, 1.807) is 12.1 Å². The average Bonchev–Trinajstić information content (AvgIpc) is 2.86. The summed E-state index contributed by atoms with van der Waals surface area (Å²) >= 11 is 0. The highest BCUT2D eigenvalue weighted by Crippen LogP contribution is 2.13. The topological polar surface area (TPSA) is 114 Å². The minimum atomic E-state index is -3.80. The zero-order valence-corrected chi connectivity index (χ0v) is 11.6. The van der Waals surface area contributed by atoms with Gasteiger partial charge in [0.15, 0.2) is 0 Å². The largest absolute Gasteiger partial charge is 0.463 e. The van der Waals surface area contributed by atoms with Crippen LogP contribution in [0.2, 0.25) is 0 Å². The number of aromatic amines is 1. The molecule has 20 heavy (non-hydrogen) atoms. The Morgan fingerprint density at radius 2 is 1.95 bits per heavy atom. The lowest BCUT2D eigenvalue weighted by atomic mass is 10.2. The molecule has 0 saturated carbocycles. The van der Waals surface area contributed by atoms with Crippen molar-refractivity contribution in [3.63, 3.8) is 0 Å². The molecule has 0 aliphatic carbocycles. The number of sulfonamides is 1. The van der Waals surface area contributed by atoms with E-state index in [1.807, 2.05) is 6.92 Å². The van der Waals surface area contributed by atoms with Gasteiger partial charge < -0.3 is 4.74 Å². The van der Waals surface area contributed by atoms with Gasteiger partial charge in [-0.05, 0) is 19.1 Å². The Morgan fingerprint density at radius 3 is 2.55 bits per heavy atom. The van der Waals surface area contributed by atoms with Crippen molar-refractivity contribution in [3.8, 4) is 0 Å². The van der Waals surface area contributed by atoms with Crippen molar-refractivity contribution in [2.24, 2.45) is 0 Å². The van der Waals surface area contributed by atoms with Gasteiger partial charge in [-0.1, -0.05) is 17.7 Å². The molecule has 1 heterocycles. The van der Waals surface area contributed by atoms with Crippen molar-refractivity contribution >= 4 is 21.9 Å². The fourth-order valence-electron chi connectivity index (χ4n) is 1.39. The van der Waals surface area contributed by atoms with Gasteiger partial charge in [-0.15, -0.1) is 5.10 Å². The number of methoxy groups -OCH3 is 1. The number of nitrogens with zero attached hydrogens (tertiary/aromatic N) is 2. The molecule has 0 spiro atoms. The smallest absolute Gasteiger partial charge is 0.375 e. The quantitative estimate of drug-likeness (QED) is 0.803. The Labute approximate surface area is 115 Å². The predicted molar refractivity (Wildman–Crippen MR) is 69.7 cm³/mol. The predicted octanol–water partition coefficient (Wildman–Crippen LogP) is 0.701. The number of carbonyl (C=O) groups excluding carboxylic acids is 1. The maximum absolute atomic E-state index is 12.0. The number of hydrogen-bond donors (Lipinski definition) is 2. The van der Waals surface area contributed by atoms with Gasteiger partial charge in [0.05, 0.1) is 12.0 Å². The van der Waals surface area contributed by atoms with Crippen LogP contribution in [0.4, 0.5) is 5.95 Å². The van der Waals surface area contributed by atoms with E-state index in [0.29, 0.717) is 0 Å². The normalized spacial score (nSPS) is 11.1. The monoisotopic (exact) mass is 296 g/mol. The second-order valence-corrected chi connectivity index (χ2v) is 5.60. The van der Waals surface area contributed by atoms with E-state index in [9.17, 15) is 13.2 Å². The van der Waals surface area contributed by atoms with Crippen molar-refractivity contribution < 1.29 is 17.9 Å². The summed E-state index contributed by atoms with van der Waals surface area (Å²) in [4.78, 5) is 14.9. The molecule has 2 aromatic rings. The third-order valence-corrected chi connectivity index (χ3v) is 3.77. The highest BCUT2D eigenvalue weighted by molar-refractivity contribution is 7.92. The van der Waals surface area contributed by atoms with Crippen LogP contribution in [0, 0.1) is 6.92 Å². The molecule has 0 saturated heterocycles. The van der Waals surface area contributed by atoms with Crippen molar-refractivity contribution in [2.45, 2.75) is 11.8 Å². The lowest BCUT2D eigenvalue weighted by molar-refractivity contribution is 0.0587. The van der Waals surface area contributed by atoms with E-state index in [-0.39, 0.29) is 16.7 Å². The SMILES string of the molecule is COC(=O)c1nc(NS(=O)(=O)c2ccc(C)cc2)n[nH]1. The van der Waals surface area contributed by atoms with Crippen LogP contribution in [0.25, 0.3) is 0 Å². The fourth-order valence-corrected chi connectivity index (χ4v) is 2.34. The molecular formula is C11H12N4O4S. The fraction of sp³-hybridized carbons (Fsp3) is 0.182. The second-order valence-electron chi connectivity index (χ2n) is 3.92. The first kappa shape index (κ1) is 14.0. The standard InChI is InChI=1S/C11H12N4O4S/c1-7-3-5-8(6-4-7)20(17,18)15-11-12-9(13-14-11)10(16)19-2/h3-6H,1-2H3,(H2,12,13,14,15). The maximum Gasteiger partial charge on any atom is 0.375 e. The molecule has 2 rings (SSSR count). The van der Waals surface area contributed by atoms with Crippen LogP contribution >= 0.6 is 0 Å². The number of rotatable bonds is 4. The molecule has 8 nitrogen and oxygen atoms in total. The number of aromatic nitrogens is 3. The number of esters is 1. The Bertz CT molecular complexity index is 721. The molecule has 2 N–H and O–H groups in total. The molecule has 1 aromatic carbocycles. The first-order valence-electron chi connectivity index (χ1n) is 5.52. The Morgan fingerprint density at radius 1 is 1.30 bits per heavy atom. The molecule has 1 aromatic heterocycles. The second kappa shape index (κ2) is 5.29. The number of carbonyl (C=O) groups is 1. The molecule has 0 aliphatic heterocycles. The van der Waals surface area contributed by atoms with Gasteiger partial charge in [0.25, 0.3) is 16.0 Å². The number of anilines is 1. The van der Waals surface area contributed by atoms with Gasteiger partial charge in [0, 0.05) is 0 Å². The Kier molecular flexibility index (Phi) is 3.70. The van der Waals surface area contributed by atoms with Crippen LogP contribution in [-0.2, 0) is 14.8 Å². The molecule has 0 radical (unpaired) electrons. The van der Waals surface area contributed by atoms with Crippen molar-refractivity contribution in [1.29, 1.82) is 0 Å². The molecule has 0 aliphatic rings. The van der Waals surface area contributed by atoms with E-state index >= 15 is 0 Å². The summed E-state index contributed by atoms with van der Waals surface area (Å²) in [5, 5.41) is 5.86. The molecule has 0 fully saturated rings. The molecule has 9 heteroatoms. The van der Waals surface area contributed by atoms with Crippen molar-refractivity contribution in [3.05, 3.63) is 35.7 Å². The summed E-state index contributed by atoms with van der Waals surface area (Å²) in [6, 6.07) is 6.27. The zero-order valence-electron chi connectivity index (χ0n) is 10.7. The molecule has 0 bridgehead atoms. The summed E-state index contributed by atoms with van der Waals surface area (Å²) < 4.78 is 30.7.